The van der Waals surface area contributed by atoms with E-state index in [0.29, 0.717) is 23.6 Å². The highest BCUT2D eigenvalue weighted by molar-refractivity contribution is 6.30. The molecule has 2 aromatic carbocycles. The van der Waals surface area contributed by atoms with Crippen molar-refractivity contribution in [3.8, 4) is 11.1 Å². The molecule has 4 rings (SSSR count). The summed E-state index contributed by atoms with van der Waals surface area (Å²) < 4.78 is 0. The molecule has 7 heteroatoms. The van der Waals surface area contributed by atoms with Crippen LogP contribution in [-0.2, 0) is 0 Å². The number of hydrogen-bond donors (Lipinski definition) is 3. The molecule has 6 nitrogen and oxygen atoms in total. The highest BCUT2D eigenvalue weighted by Crippen LogP contribution is 2.27. The van der Waals surface area contributed by atoms with Crippen molar-refractivity contribution in [1.29, 1.82) is 0 Å². The van der Waals surface area contributed by atoms with Crippen LogP contribution in [0.2, 0.25) is 5.02 Å². The van der Waals surface area contributed by atoms with Crippen LogP contribution in [0.5, 0.6) is 0 Å². The zero-order chi connectivity index (χ0) is 24.8. The summed E-state index contributed by atoms with van der Waals surface area (Å²) in [6, 6.07) is 14.7. The molecule has 1 aliphatic heterocycles. The summed E-state index contributed by atoms with van der Waals surface area (Å²) in [5.74, 6) is -0.130. The van der Waals surface area contributed by atoms with Crippen LogP contribution in [0.15, 0.2) is 96.0 Å². The number of halogens is 1. The van der Waals surface area contributed by atoms with Crippen LogP contribution < -0.4 is 16.0 Å². The molecule has 2 aromatic rings. The number of urea groups is 1. The first-order chi connectivity index (χ1) is 16.9. The number of rotatable bonds is 6. The summed E-state index contributed by atoms with van der Waals surface area (Å²) in [5, 5.41) is 9.51. The summed E-state index contributed by atoms with van der Waals surface area (Å²) in [5.41, 5.74) is 5.02. The Hall–Kier alpha value is -3.77. The van der Waals surface area contributed by atoms with Crippen molar-refractivity contribution < 1.29 is 9.59 Å². The van der Waals surface area contributed by atoms with E-state index in [-0.39, 0.29) is 17.9 Å². The molecule has 0 fully saturated rings. The second kappa shape index (κ2) is 11.1. The van der Waals surface area contributed by atoms with Crippen LogP contribution in [0, 0.1) is 5.92 Å². The van der Waals surface area contributed by atoms with Crippen LogP contribution in [0.4, 0.5) is 4.79 Å². The van der Waals surface area contributed by atoms with E-state index in [1.165, 1.54) is 0 Å². The van der Waals surface area contributed by atoms with Gasteiger partial charge in [-0.2, -0.15) is 0 Å². The number of allylic oxidation sites excluding steroid dienone is 4. The third-order valence-electron chi connectivity index (χ3n) is 5.94. The average Bonchev–Trinajstić information content (AvgIpc) is 2.85. The van der Waals surface area contributed by atoms with Crippen LogP contribution >= 0.6 is 11.6 Å². The first kappa shape index (κ1) is 24.4. The number of nitrogens with zero attached hydrogens (tertiary/aromatic N) is 1. The van der Waals surface area contributed by atoms with E-state index in [1.54, 1.807) is 0 Å². The SMILES string of the molecule is CC1CC(NC(=O)NCC2=CN(C)CC=C2)=CC=C1NC(=O)c1ccccc1-c1ccc(Cl)cc1. The van der Waals surface area contributed by atoms with Gasteiger partial charge in [0.1, 0.15) is 0 Å². The van der Waals surface area contributed by atoms with Gasteiger partial charge in [-0.25, -0.2) is 4.79 Å². The molecule has 1 heterocycles. The number of amides is 3. The fourth-order valence-corrected chi connectivity index (χ4v) is 4.23. The van der Waals surface area contributed by atoms with Gasteiger partial charge in [-0.1, -0.05) is 61.0 Å². The third-order valence-corrected chi connectivity index (χ3v) is 6.20. The first-order valence-electron chi connectivity index (χ1n) is 11.6. The van der Waals surface area contributed by atoms with E-state index in [2.05, 4.69) is 26.9 Å². The second-order valence-corrected chi connectivity index (χ2v) is 9.22. The molecule has 3 N–H and O–H groups in total. The smallest absolute Gasteiger partial charge is 0.319 e. The lowest BCUT2D eigenvalue weighted by atomic mass is 9.95. The summed E-state index contributed by atoms with van der Waals surface area (Å²) in [6.07, 6.45) is 10.4. The molecule has 2 aliphatic rings. The van der Waals surface area contributed by atoms with Crippen molar-refractivity contribution in [2.45, 2.75) is 13.3 Å². The van der Waals surface area contributed by atoms with E-state index < -0.39 is 0 Å². The Balaban J connectivity index is 1.38. The van der Waals surface area contributed by atoms with Crippen molar-refractivity contribution >= 4 is 23.5 Å². The Labute approximate surface area is 211 Å². The highest BCUT2D eigenvalue weighted by Gasteiger charge is 2.20. The molecule has 0 spiro atoms. The minimum absolute atomic E-state index is 0.0413. The Morgan fingerprint density at radius 3 is 2.57 bits per heavy atom. The van der Waals surface area contributed by atoms with E-state index in [0.717, 1.165) is 34.6 Å². The van der Waals surface area contributed by atoms with Gasteiger partial charge < -0.3 is 20.9 Å². The topological polar surface area (TPSA) is 73.5 Å². The molecule has 0 saturated carbocycles. The van der Waals surface area contributed by atoms with Gasteiger partial charge >= 0.3 is 6.03 Å². The van der Waals surface area contributed by atoms with Crippen LogP contribution in [0.1, 0.15) is 23.7 Å². The lowest BCUT2D eigenvalue weighted by Gasteiger charge is -2.23. The first-order valence-corrected chi connectivity index (χ1v) is 12.0. The molecule has 180 valence electrons. The van der Waals surface area contributed by atoms with Gasteiger partial charge in [0.15, 0.2) is 0 Å². The summed E-state index contributed by atoms with van der Waals surface area (Å²) >= 11 is 6.02. The molecule has 35 heavy (non-hydrogen) atoms. The average molecular weight is 489 g/mol. The molecular weight excluding hydrogens is 460 g/mol. The molecule has 0 aromatic heterocycles. The molecule has 0 saturated heterocycles. The van der Waals surface area contributed by atoms with E-state index in [4.69, 9.17) is 11.6 Å². The Kier molecular flexibility index (Phi) is 7.73. The number of likely N-dealkylation sites (N-methyl/N-ethyl adjacent to an activating group) is 1. The Bertz CT molecular complexity index is 1230. The predicted octanol–water partition coefficient (Wildman–Crippen LogP) is 5.23. The van der Waals surface area contributed by atoms with Crippen molar-refractivity contribution in [1.82, 2.24) is 20.9 Å². The van der Waals surface area contributed by atoms with Gasteiger partial charge in [-0.05, 0) is 53.5 Å². The van der Waals surface area contributed by atoms with Gasteiger partial charge in [0.25, 0.3) is 5.91 Å². The van der Waals surface area contributed by atoms with E-state index in [1.807, 2.05) is 86.9 Å². The van der Waals surface area contributed by atoms with Gasteiger partial charge in [0.2, 0.25) is 0 Å². The molecule has 1 atom stereocenters. The van der Waals surface area contributed by atoms with Crippen LogP contribution in [0.3, 0.4) is 0 Å². The predicted molar refractivity (Wildman–Crippen MR) is 141 cm³/mol. The lowest BCUT2D eigenvalue weighted by Crippen LogP contribution is -2.38. The number of carbonyl (C=O) groups is 2. The molecule has 3 amide bonds. The van der Waals surface area contributed by atoms with Gasteiger partial charge in [-0.3, -0.25) is 4.79 Å². The molecular formula is C28H29ClN4O2. The normalized spacial score (nSPS) is 17.2. The zero-order valence-corrected chi connectivity index (χ0v) is 20.6. The van der Waals surface area contributed by atoms with Gasteiger partial charge in [-0.15, -0.1) is 0 Å². The summed E-state index contributed by atoms with van der Waals surface area (Å²) in [4.78, 5) is 27.6. The number of carbonyl (C=O) groups excluding carboxylic acids is 2. The maximum absolute atomic E-state index is 13.1. The quantitative estimate of drug-likeness (QED) is 0.521. The largest absolute Gasteiger partial charge is 0.376 e. The van der Waals surface area contributed by atoms with Crippen molar-refractivity contribution in [3.05, 3.63) is 107 Å². The van der Waals surface area contributed by atoms with Crippen LogP contribution in [0.25, 0.3) is 11.1 Å². The maximum atomic E-state index is 13.1. The number of benzene rings is 2. The van der Waals surface area contributed by atoms with E-state index >= 15 is 0 Å². The van der Waals surface area contributed by atoms with Crippen LogP contribution in [-0.4, -0.2) is 37.0 Å². The molecule has 1 unspecified atom stereocenters. The molecule has 0 bridgehead atoms. The Morgan fingerprint density at radius 1 is 1.06 bits per heavy atom. The maximum Gasteiger partial charge on any atom is 0.319 e. The number of nitrogens with one attached hydrogen (secondary N) is 3. The third kappa shape index (κ3) is 6.43. The van der Waals surface area contributed by atoms with Crippen molar-refractivity contribution in [2.24, 2.45) is 5.92 Å². The fourth-order valence-electron chi connectivity index (χ4n) is 4.11. The molecule has 1 aliphatic carbocycles. The summed E-state index contributed by atoms with van der Waals surface area (Å²) in [6.45, 7) is 3.36. The monoisotopic (exact) mass is 488 g/mol. The van der Waals surface area contributed by atoms with Crippen molar-refractivity contribution in [2.75, 3.05) is 20.1 Å². The van der Waals surface area contributed by atoms with Gasteiger partial charge in [0.05, 0.1) is 0 Å². The molecule has 0 radical (unpaired) electrons. The van der Waals surface area contributed by atoms with E-state index in [9.17, 15) is 9.59 Å². The minimum atomic E-state index is -0.247. The van der Waals surface area contributed by atoms with Gasteiger partial charge in [0, 0.05) is 54.2 Å². The minimum Gasteiger partial charge on any atom is -0.376 e. The standard InChI is InChI=1S/C28H29ClN4O2/c1-19-16-23(31-28(35)30-17-20-6-5-15-33(2)18-20)13-14-26(19)32-27(34)25-8-4-3-7-24(25)21-9-11-22(29)12-10-21/h3-14,18-19H,15-17H2,1-2H3,(H,32,34)(H2,30,31,35). The Morgan fingerprint density at radius 2 is 1.83 bits per heavy atom. The highest BCUT2D eigenvalue weighted by atomic mass is 35.5. The zero-order valence-electron chi connectivity index (χ0n) is 19.8. The lowest BCUT2D eigenvalue weighted by molar-refractivity contribution is 0.0962. The fraction of sp³-hybridized carbons (Fsp3) is 0.214. The second-order valence-electron chi connectivity index (χ2n) is 8.78. The number of hydrogen-bond acceptors (Lipinski definition) is 3. The van der Waals surface area contributed by atoms with Crippen molar-refractivity contribution in [3.63, 3.8) is 0 Å². The summed E-state index contributed by atoms with van der Waals surface area (Å²) in [7, 11) is 2.00.